The molecule has 5 aromatic rings. The molecule has 298 valence electrons. The normalized spacial score (nSPS) is 16.2. The van der Waals surface area contributed by atoms with Crippen LogP contribution in [0.1, 0.15) is 89.1 Å². The van der Waals surface area contributed by atoms with Crippen LogP contribution in [0, 0.1) is 5.82 Å². The molecule has 1 atom stereocenters. The average molecular weight is 775 g/mol. The van der Waals surface area contributed by atoms with Crippen LogP contribution in [-0.4, -0.2) is 64.3 Å². The molecule has 0 bridgehead atoms. The minimum atomic E-state index is -0.374. The van der Waals surface area contributed by atoms with Gasteiger partial charge in [0.1, 0.15) is 5.82 Å². The second kappa shape index (κ2) is 18.5. The monoisotopic (exact) mass is 774 g/mol. The van der Waals surface area contributed by atoms with Gasteiger partial charge in [0.2, 0.25) is 5.91 Å². The molecule has 2 aliphatic rings. The standard InChI is InChI=1S/C44H51FN8O4/c1-3-38-35(40(51-33-16-19-57-20-17-33)36-27-50-53(4-2)41(36)52-38)26-49-43(55)32-12-8-11-31(23-32)42(54)48-25-29-14-15-37(45)34(22-29)30-10-7-9-28(21-30)24-47-39-13-5-6-18-46-44(39)56/h7-12,14-15,21-23,27,33,39,47H,3-6,13,16-20,24-26H2,1-2H3,(H,46,56)(H,48,54)(H,49,55)(H,51,52)/t39-/m0/s1. The highest BCUT2D eigenvalue weighted by Crippen LogP contribution is 2.31. The molecule has 0 aliphatic carbocycles. The number of fused-ring (bicyclic) bond motifs is 1. The molecule has 12 nitrogen and oxygen atoms in total. The second-order valence-electron chi connectivity index (χ2n) is 14.7. The van der Waals surface area contributed by atoms with Crippen LogP contribution in [0.5, 0.6) is 0 Å². The van der Waals surface area contributed by atoms with E-state index in [2.05, 4.69) is 38.6 Å². The Hall–Kier alpha value is -5.66. The molecule has 0 radical (unpaired) electrons. The predicted molar refractivity (Wildman–Crippen MR) is 218 cm³/mol. The summed E-state index contributed by atoms with van der Waals surface area (Å²) < 4.78 is 22.6. The van der Waals surface area contributed by atoms with Crippen LogP contribution in [0.25, 0.3) is 22.2 Å². The molecular formula is C44H51FN8O4. The van der Waals surface area contributed by atoms with Gasteiger partial charge in [-0.3, -0.25) is 14.4 Å². The molecule has 2 aliphatic heterocycles. The number of halogens is 1. The van der Waals surface area contributed by atoms with E-state index in [-0.39, 0.29) is 48.7 Å². The number of aromatic nitrogens is 3. The van der Waals surface area contributed by atoms with Crippen molar-refractivity contribution in [1.82, 2.24) is 36.0 Å². The van der Waals surface area contributed by atoms with Crippen LogP contribution in [0.15, 0.2) is 72.9 Å². The zero-order valence-corrected chi connectivity index (χ0v) is 32.6. The van der Waals surface area contributed by atoms with Crippen LogP contribution in [-0.2, 0) is 42.1 Å². The van der Waals surface area contributed by atoms with Gasteiger partial charge in [-0.25, -0.2) is 14.1 Å². The van der Waals surface area contributed by atoms with Crippen molar-refractivity contribution in [2.75, 3.05) is 25.1 Å². The van der Waals surface area contributed by atoms with E-state index in [0.29, 0.717) is 61.5 Å². The van der Waals surface area contributed by atoms with Gasteiger partial charge in [-0.15, -0.1) is 0 Å². The first-order chi connectivity index (χ1) is 27.8. The third kappa shape index (κ3) is 9.49. The van der Waals surface area contributed by atoms with E-state index < -0.39 is 0 Å². The van der Waals surface area contributed by atoms with Gasteiger partial charge in [0.05, 0.1) is 23.3 Å². The molecule has 13 heteroatoms. The van der Waals surface area contributed by atoms with Crippen LogP contribution in [0.4, 0.5) is 10.1 Å². The molecule has 5 N–H and O–H groups in total. The van der Waals surface area contributed by atoms with Crippen molar-refractivity contribution < 1.29 is 23.5 Å². The zero-order valence-electron chi connectivity index (χ0n) is 32.6. The number of ether oxygens (including phenoxy) is 1. The maximum absolute atomic E-state index is 15.2. The summed E-state index contributed by atoms with van der Waals surface area (Å²) in [5.74, 6) is -1.03. The lowest BCUT2D eigenvalue weighted by Crippen LogP contribution is -2.42. The predicted octanol–water partition coefficient (Wildman–Crippen LogP) is 6.03. The van der Waals surface area contributed by atoms with E-state index in [1.165, 1.54) is 6.07 Å². The molecule has 0 spiro atoms. The first kappa shape index (κ1) is 39.6. The molecule has 2 aromatic heterocycles. The van der Waals surface area contributed by atoms with Gasteiger partial charge in [-0.1, -0.05) is 37.3 Å². The van der Waals surface area contributed by atoms with Crippen molar-refractivity contribution in [3.63, 3.8) is 0 Å². The topological polar surface area (TPSA) is 151 Å². The number of carbonyl (C=O) groups is 3. The quantitative estimate of drug-likeness (QED) is 0.0919. The number of pyridine rings is 1. The fraction of sp³-hybridized carbons (Fsp3) is 0.386. The fourth-order valence-electron chi connectivity index (χ4n) is 7.58. The number of benzene rings is 3. The first-order valence-corrected chi connectivity index (χ1v) is 20.1. The Morgan fingerprint density at radius 3 is 2.42 bits per heavy atom. The Kier molecular flexibility index (Phi) is 12.9. The summed E-state index contributed by atoms with van der Waals surface area (Å²) in [5, 5.41) is 21.5. The molecule has 3 amide bonds. The van der Waals surface area contributed by atoms with Crippen LogP contribution < -0.4 is 26.6 Å². The van der Waals surface area contributed by atoms with Crippen molar-refractivity contribution >= 4 is 34.4 Å². The van der Waals surface area contributed by atoms with E-state index in [1.54, 1.807) is 36.4 Å². The SMILES string of the molecule is CCc1nc2c(cnn2CC)c(NC2CCOCC2)c1CNC(=O)c1cccc(C(=O)NCc2ccc(F)c(-c3cccc(CN[C@H]4CCCCNC4=O)c3)c2)c1. The Labute approximate surface area is 332 Å². The summed E-state index contributed by atoms with van der Waals surface area (Å²) in [7, 11) is 0. The summed E-state index contributed by atoms with van der Waals surface area (Å²) in [6, 6.07) is 19.0. The van der Waals surface area contributed by atoms with Crippen molar-refractivity contribution in [2.24, 2.45) is 0 Å². The number of aryl methyl sites for hydroxylation is 2. The maximum atomic E-state index is 15.2. The maximum Gasteiger partial charge on any atom is 0.251 e. The summed E-state index contributed by atoms with van der Waals surface area (Å²) >= 11 is 0. The smallest absolute Gasteiger partial charge is 0.251 e. The Bertz CT molecular complexity index is 2230. The number of amides is 3. The van der Waals surface area contributed by atoms with Gasteiger partial charge >= 0.3 is 0 Å². The lowest BCUT2D eigenvalue weighted by Gasteiger charge is -2.26. The Balaban J connectivity index is 1.00. The van der Waals surface area contributed by atoms with Gasteiger partial charge in [-0.2, -0.15) is 5.10 Å². The van der Waals surface area contributed by atoms with Crippen LogP contribution >= 0.6 is 0 Å². The van der Waals surface area contributed by atoms with Gasteiger partial charge in [-0.05, 0) is 98.5 Å². The van der Waals surface area contributed by atoms with Gasteiger partial charge < -0.3 is 31.3 Å². The Morgan fingerprint density at radius 1 is 0.895 bits per heavy atom. The highest BCUT2D eigenvalue weighted by molar-refractivity contribution is 6.00. The van der Waals surface area contributed by atoms with Gasteiger partial charge in [0.15, 0.2) is 5.65 Å². The van der Waals surface area contributed by atoms with E-state index in [4.69, 9.17) is 9.72 Å². The lowest BCUT2D eigenvalue weighted by molar-refractivity contribution is -0.122. The summed E-state index contributed by atoms with van der Waals surface area (Å²) in [5.41, 5.74) is 7.01. The number of hydrogen-bond acceptors (Lipinski definition) is 8. The molecular weight excluding hydrogens is 724 g/mol. The fourth-order valence-corrected chi connectivity index (χ4v) is 7.58. The number of hydrogen-bond donors (Lipinski definition) is 5. The zero-order chi connectivity index (χ0) is 39.7. The van der Waals surface area contributed by atoms with Crippen LogP contribution in [0.3, 0.4) is 0 Å². The second-order valence-corrected chi connectivity index (χ2v) is 14.7. The molecule has 2 fully saturated rings. The first-order valence-electron chi connectivity index (χ1n) is 20.1. The van der Waals surface area contributed by atoms with Crippen molar-refractivity contribution in [2.45, 2.75) is 90.6 Å². The van der Waals surface area contributed by atoms with Crippen molar-refractivity contribution in [1.29, 1.82) is 0 Å². The highest BCUT2D eigenvalue weighted by atomic mass is 19.1. The largest absolute Gasteiger partial charge is 0.381 e. The number of rotatable bonds is 14. The highest BCUT2D eigenvalue weighted by Gasteiger charge is 2.23. The average Bonchev–Trinajstić information content (AvgIpc) is 3.55. The molecule has 2 saturated heterocycles. The van der Waals surface area contributed by atoms with E-state index in [1.807, 2.05) is 42.1 Å². The molecule has 3 aromatic carbocycles. The third-order valence-corrected chi connectivity index (χ3v) is 10.8. The lowest BCUT2D eigenvalue weighted by atomic mass is 10.00. The minimum Gasteiger partial charge on any atom is -0.381 e. The van der Waals surface area contributed by atoms with E-state index in [9.17, 15) is 14.4 Å². The Morgan fingerprint density at radius 2 is 1.65 bits per heavy atom. The third-order valence-electron chi connectivity index (χ3n) is 10.8. The molecule has 57 heavy (non-hydrogen) atoms. The number of nitrogens with one attached hydrogen (secondary N) is 5. The molecule has 0 unspecified atom stereocenters. The molecule has 4 heterocycles. The number of carbonyl (C=O) groups excluding carboxylic acids is 3. The molecule has 7 rings (SSSR count). The van der Waals surface area contributed by atoms with E-state index >= 15 is 4.39 Å². The number of anilines is 1. The van der Waals surface area contributed by atoms with Gasteiger partial charge in [0.25, 0.3) is 11.8 Å². The van der Waals surface area contributed by atoms with Crippen molar-refractivity contribution in [3.8, 4) is 11.1 Å². The summed E-state index contributed by atoms with van der Waals surface area (Å²) in [4.78, 5) is 44.3. The summed E-state index contributed by atoms with van der Waals surface area (Å²) in [6.07, 6.45) is 7.01. The van der Waals surface area contributed by atoms with E-state index in [0.717, 1.165) is 71.2 Å². The summed E-state index contributed by atoms with van der Waals surface area (Å²) in [6.45, 7) is 7.75. The number of nitrogens with zero attached hydrogens (tertiary/aromatic N) is 3. The van der Waals surface area contributed by atoms with Gasteiger partial charge in [0, 0.05) is 79.9 Å². The van der Waals surface area contributed by atoms with Crippen molar-refractivity contribution in [3.05, 3.63) is 112 Å². The molecule has 0 saturated carbocycles. The minimum absolute atomic E-state index is 0.0149. The van der Waals surface area contributed by atoms with Crippen LogP contribution in [0.2, 0.25) is 0 Å².